The number of nitrogens with zero attached hydrogens (tertiary/aromatic N) is 5. The first-order valence-electron chi connectivity index (χ1n) is 7.22. The van der Waals surface area contributed by atoms with E-state index in [-0.39, 0.29) is 11.6 Å². The maximum absolute atomic E-state index is 12.4. The second kappa shape index (κ2) is 6.39. The van der Waals surface area contributed by atoms with E-state index in [4.69, 9.17) is 5.73 Å². The molecule has 0 radical (unpaired) electrons. The van der Waals surface area contributed by atoms with Crippen LogP contribution < -0.4 is 10.6 Å². The van der Waals surface area contributed by atoms with Gasteiger partial charge in [-0.3, -0.25) is 14.6 Å². The lowest BCUT2D eigenvalue weighted by Gasteiger charge is -2.34. The number of carbonyl (C=O) groups is 2. The van der Waals surface area contributed by atoms with Gasteiger partial charge in [0.25, 0.3) is 11.8 Å². The first kappa shape index (κ1) is 14.9. The number of pyridine rings is 1. The zero-order chi connectivity index (χ0) is 16.2. The highest BCUT2D eigenvalue weighted by Crippen LogP contribution is 2.12. The van der Waals surface area contributed by atoms with E-state index in [0.29, 0.717) is 37.7 Å². The van der Waals surface area contributed by atoms with Gasteiger partial charge in [0, 0.05) is 44.8 Å². The van der Waals surface area contributed by atoms with Gasteiger partial charge in [-0.05, 0) is 18.2 Å². The molecular weight excluding hydrogens is 296 g/mol. The smallest absolute Gasteiger partial charge is 0.267 e. The van der Waals surface area contributed by atoms with Crippen LogP contribution in [0.1, 0.15) is 20.8 Å². The molecule has 2 aromatic heterocycles. The minimum atomic E-state index is -0.611. The minimum Gasteiger partial charge on any atom is -0.364 e. The molecule has 0 atom stereocenters. The van der Waals surface area contributed by atoms with Crippen LogP contribution in [0.3, 0.4) is 0 Å². The van der Waals surface area contributed by atoms with E-state index in [2.05, 4.69) is 15.0 Å². The molecule has 118 valence electrons. The maximum atomic E-state index is 12.4. The summed E-state index contributed by atoms with van der Waals surface area (Å²) in [5, 5.41) is 0. The van der Waals surface area contributed by atoms with Crippen LogP contribution in [0.5, 0.6) is 0 Å². The van der Waals surface area contributed by atoms with Crippen molar-refractivity contribution in [2.45, 2.75) is 0 Å². The monoisotopic (exact) mass is 312 g/mol. The van der Waals surface area contributed by atoms with Gasteiger partial charge in [-0.1, -0.05) is 0 Å². The fraction of sp³-hybridized carbons (Fsp3) is 0.267. The molecule has 2 aromatic rings. The zero-order valence-electron chi connectivity index (χ0n) is 12.4. The summed E-state index contributed by atoms with van der Waals surface area (Å²) >= 11 is 0. The Bertz CT molecular complexity index is 696. The van der Waals surface area contributed by atoms with Crippen molar-refractivity contribution in [2.24, 2.45) is 5.73 Å². The van der Waals surface area contributed by atoms with Gasteiger partial charge in [0.15, 0.2) is 0 Å². The highest BCUT2D eigenvalue weighted by Gasteiger charge is 2.23. The highest BCUT2D eigenvalue weighted by molar-refractivity contribution is 5.95. The number of hydrogen-bond donors (Lipinski definition) is 1. The third kappa shape index (κ3) is 3.25. The zero-order valence-corrected chi connectivity index (χ0v) is 12.4. The number of primary amides is 1. The number of anilines is 1. The number of nitrogens with two attached hydrogens (primary N) is 1. The molecule has 0 aromatic carbocycles. The van der Waals surface area contributed by atoms with Crippen LogP contribution in [-0.2, 0) is 0 Å². The van der Waals surface area contributed by atoms with E-state index in [1.807, 2.05) is 4.90 Å². The van der Waals surface area contributed by atoms with E-state index in [1.54, 1.807) is 29.4 Å². The molecule has 0 saturated carbocycles. The van der Waals surface area contributed by atoms with Gasteiger partial charge in [0.05, 0.1) is 5.56 Å². The lowest BCUT2D eigenvalue weighted by atomic mass is 10.2. The molecular formula is C15H16N6O2. The molecule has 1 fully saturated rings. The van der Waals surface area contributed by atoms with Gasteiger partial charge >= 0.3 is 0 Å². The molecule has 2 N–H and O–H groups in total. The average molecular weight is 312 g/mol. The molecule has 1 aliphatic heterocycles. The van der Waals surface area contributed by atoms with Crippen molar-refractivity contribution in [3.05, 3.63) is 48.0 Å². The lowest BCUT2D eigenvalue weighted by molar-refractivity contribution is 0.0745. The quantitative estimate of drug-likeness (QED) is 0.850. The van der Waals surface area contributed by atoms with Crippen LogP contribution in [0, 0.1) is 0 Å². The second-order valence-electron chi connectivity index (χ2n) is 5.12. The fourth-order valence-corrected chi connectivity index (χ4v) is 2.41. The number of aromatic nitrogens is 3. The molecule has 8 heteroatoms. The van der Waals surface area contributed by atoms with Crippen LogP contribution in [0.2, 0.25) is 0 Å². The first-order valence-corrected chi connectivity index (χ1v) is 7.22. The first-order chi connectivity index (χ1) is 11.1. The number of piperazine rings is 1. The van der Waals surface area contributed by atoms with E-state index in [9.17, 15) is 9.59 Å². The number of carbonyl (C=O) groups excluding carboxylic acids is 2. The van der Waals surface area contributed by atoms with Crippen molar-refractivity contribution in [1.29, 1.82) is 0 Å². The number of rotatable bonds is 3. The van der Waals surface area contributed by atoms with E-state index in [0.717, 1.165) is 0 Å². The van der Waals surface area contributed by atoms with E-state index >= 15 is 0 Å². The van der Waals surface area contributed by atoms with Gasteiger partial charge in [0.1, 0.15) is 5.69 Å². The Labute approximate surface area is 133 Å². The van der Waals surface area contributed by atoms with Crippen molar-refractivity contribution in [1.82, 2.24) is 19.9 Å². The van der Waals surface area contributed by atoms with Gasteiger partial charge in [-0.2, -0.15) is 0 Å². The summed E-state index contributed by atoms with van der Waals surface area (Å²) in [6.45, 7) is 2.49. The van der Waals surface area contributed by atoms with E-state index in [1.165, 1.54) is 12.3 Å². The van der Waals surface area contributed by atoms with Crippen molar-refractivity contribution in [2.75, 3.05) is 31.1 Å². The van der Waals surface area contributed by atoms with E-state index < -0.39 is 5.91 Å². The molecule has 3 rings (SSSR count). The third-order valence-electron chi connectivity index (χ3n) is 3.66. The Kier molecular flexibility index (Phi) is 4.13. The highest BCUT2D eigenvalue weighted by atomic mass is 16.2. The predicted octanol–water partition coefficient (Wildman–Crippen LogP) is -0.0671. The van der Waals surface area contributed by atoms with Crippen molar-refractivity contribution < 1.29 is 9.59 Å². The Morgan fingerprint density at radius 1 is 1.00 bits per heavy atom. The summed E-state index contributed by atoms with van der Waals surface area (Å²) in [6, 6.07) is 4.80. The Hall–Kier alpha value is -3.03. The summed E-state index contributed by atoms with van der Waals surface area (Å²) in [5.74, 6) is -0.0466. The molecule has 3 heterocycles. The van der Waals surface area contributed by atoms with Crippen molar-refractivity contribution in [3.63, 3.8) is 0 Å². The number of amides is 2. The second-order valence-corrected chi connectivity index (χ2v) is 5.12. The summed E-state index contributed by atoms with van der Waals surface area (Å²) < 4.78 is 0. The number of hydrogen-bond acceptors (Lipinski definition) is 6. The summed E-state index contributed by atoms with van der Waals surface area (Å²) in [4.78, 5) is 39.6. The largest absolute Gasteiger partial charge is 0.364 e. The Balaban J connectivity index is 1.63. The molecule has 1 saturated heterocycles. The van der Waals surface area contributed by atoms with Crippen molar-refractivity contribution >= 4 is 17.8 Å². The van der Waals surface area contributed by atoms with Crippen LogP contribution in [0.25, 0.3) is 0 Å². The minimum absolute atomic E-state index is 0.109. The topological polar surface area (TPSA) is 105 Å². The van der Waals surface area contributed by atoms with Gasteiger partial charge < -0.3 is 15.5 Å². The summed E-state index contributed by atoms with van der Waals surface area (Å²) in [7, 11) is 0. The third-order valence-corrected chi connectivity index (χ3v) is 3.66. The molecule has 0 bridgehead atoms. The Morgan fingerprint density at radius 2 is 1.70 bits per heavy atom. The molecule has 0 unspecified atom stereocenters. The molecule has 8 nitrogen and oxygen atoms in total. The molecule has 0 aliphatic carbocycles. The van der Waals surface area contributed by atoms with Gasteiger partial charge in [-0.25, -0.2) is 9.97 Å². The van der Waals surface area contributed by atoms with Gasteiger partial charge in [-0.15, -0.1) is 0 Å². The van der Waals surface area contributed by atoms with Crippen molar-refractivity contribution in [3.8, 4) is 0 Å². The molecule has 2 amide bonds. The molecule has 23 heavy (non-hydrogen) atoms. The van der Waals surface area contributed by atoms with Crippen LogP contribution in [0.15, 0.2) is 36.8 Å². The summed E-state index contributed by atoms with van der Waals surface area (Å²) in [5.41, 5.74) is 5.73. The van der Waals surface area contributed by atoms with Crippen LogP contribution >= 0.6 is 0 Å². The summed E-state index contributed by atoms with van der Waals surface area (Å²) in [6.07, 6.45) is 4.78. The SMILES string of the molecule is NC(=O)c1ccc(C(=O)N2CCN(c3ncccn3)CC2)cn1. The van der Waals surface area contributed by atoms with Gasteiger partial charge in [0.2, 0.25) is 5.95 Å². The van der Waals surface area contributed by atoms with Crippen LogP contribution in [0.4, 0.5) is 5.95 Å². The normalized spacial score (nSPS) is 14.6. The maximum Gasteiger partial charge on any atom is 0.267 e. The standard InChI is InChI=1S/C15H16N6O2/c16-13(22)12-3-2-11(10-19-12)14(23)20-6-8-21(9-7-20)15-17-4-1-5-18-15/h1-5,10H,6-9H2,(H2,16,22). The fourth-order valence-electron chi connectivity index (χ4n) is 2.41. The molecule has 1 aliphatic rings. The Morgan fingerprint density at radius 3 is 2.26 bits per heavy atom. The molecule has 0 spiro atoms. The van der Waals surface area contributed by atoms with Crippen LogP contribution in [-0.4, -0.2) is 57.8 Å². The lowest BCUT2D eigenvalue weighted by Crippen LogP contribution is -2.49. The average Bonchev–Trinajstić information content (AvgIpc) is 2.62. The predicted molar refractivity (Wildman–Crippen MR) is 82.9 cm³/mol.